The quantitative estimate of drug-likeness (QED) is 0.817. The van der Waals surface area contributed by atoms with Gasteiger partial charge >= 0.3 is 6.09 Å². The van der Waals surface area contributed by atoms with Crippen molar-refractivity contribution in [3.63, 3.8) is 0 Å². The number of para-hydroxylation sites is 1. The van der Waals surface area contributed by atoms with Gasteiger partial charge in [0, 0.05) is 19.6 Å². The molecule has 0 saturated carbocycles. The van der Waals surface area contributed by atoms with Gasteiger partial charge in [0.2, 0.25) is 5.91 Å². The number of carbonyl (C=O) groups is 2. The number of anilines is 3. The van der Waals surface area contributed by atoms with E-state index in [4.69, 9.17) is 16.7 Å². The van der Waals surface area contributed by atoms with Gasteiger partial charge in [-0.3, -0.25) is 10.1 Å². The molecule has 4 rings (SSSR count). The Morgan fingerprint density at radius 1 is 1.18 bits per heavy atom. The van der Waals surface area contributed by atoms with Crippen LogP contribution in [0.3, 0.4) is 0 Å². The number of amides is 2. The number of benzene rings is 1. The van der Waals surface area contributed by atoms with Gasteiger partial charge in [0.1, 0.15) is 5.82 Å². The van der Waals surface area contributed by atoms with E-state index < -0.39 is 11.5 Å². The lowest BCUT2D eigenvalue weighted by Gasteiger charge is -2.39. The number of halogens is 1. The second-order valence-corrected chi connectivity index (χ2v) is 7.71. The van der Waals surface area contributed by atoms with E-state index >= 15 is 0 Å². The van der Waals surface area contributed by atoms with Crippen molar-refractivity contribution in [1.82, 2.24) is 4.98 Å². The highest BCUT2D eigenvalue weighted by Crippen LogP contribution is 2.43. The van der Waals surface area contributed by atoms with Gasteiger partial charge < -0.3 is 14.9 Å². The van der Waals surface area contributed by atoms with E-state index in [1.54, 1.807) is 23.1 Å². The first-order chi connectivity index (χ1) is 13.5. The van der Waals surface area contributed by atoms with Crippen LogP contribution in [0.4, 0.5) is 22.0 Å². The molecule has 0 unspecified atom stereocenters. The third-order valence-corrected chi connectivity index (χ3v) is 5.88. The summed E-state index contributed by atoms with van der Waals surface area (Å²) < 4.78 is 0. The number of nitrogens with zero attached hydrogens (tertiary/aromatic N) is 3. The number of carboxylic acid groups (broad SMARTS) is 1. The van der Waals surface area contributed by atoms with Crippen molar-refractivity contribution < 1.29 is 14.7 Å². The molecule has 2 N–H and O–H groups in total. The zero-order valence-electron chi connectivity index (χ0n) is 15.3. The number of hydrogen-bond acceptors (Lipinski definition) is 4. The van der Waals surface area contributed by atoms with E-state index in [9.17, 15) is 9.59 Å². The van der Waals surface area contributed by atoms with Crippen LogP contribution in [0.15, 0.2) is 42.6 Å². The molecule has 1 aromatic carbocycles. The molecule has 0 radical (unpaired) electrons. The summed E-state index contributed by atoms with van der Waals surface area (Å²) in [6, 6.07) is 10.9. The largest absolute Gasteiger partial charge is 0.465 e. The number of rotatable bonds is 3. The van der Waals surface area contributed by atoms with E-state index in [0.717, 1.165) is 37.3 Å². The van der Waals surface area contributed by atoms with E-state index in [0.29, 0.717) is 23.8 Å². The molecule has 2 fully saturated rings. The maximum absolute atomic E-state index is 13.3. The number of carbonyl (C=O) groups excluding carboxylic acids is 1. The van der Waals surface area contributed by atoms with Gasteiger partial charge in [0.05, 0.1) is 28.0 Å². The summed E-state index contributed by atoms with van der Waals surface area (Å²) in [4.78, 5) is 32.4. The molecule has 146 valence electrons. The first-order valence-corrected chi connectivity index (χ1v) is 9.64. The van der Waals surface area contributed by atoms with Crippen molar-refractivity contribution in [2.75, 3.05) is 34.8 Å². The highest BCUT2D eigenvalue weighted by Gasteiger charge is 2.49. The summed E-state index contributed by atoms with van der Waals surface area (Å²) in [5.41, 5.74) is 0.757. The van der Waals surface area contributed by atoms with Gasteiger partial charge in [-0.1, -0.05) is 23.7 Å². The van der Waals surface area contributed by atoms with Crippen LogP contribution in [-0.4, -0.2) is 41.7 Å². The third-order valence-electron chi connectivity index (χ3n) is 5.56. The molecule has 8 heteroatoms. The molecule has 2 amide bonds. The molecule has 7 nitrogen and oxygen atoms in total. The highest BCUT2D eigenvalue weighted by molar-refractivity contribution is 6.34. The average Bonchev–Trinajstić information content (AvgIpc) is 2.98. The first kappa shape index (κ1) is 18.6. The van der Waals surface area contributed by atoms with Gasteiger partial charge in [0.15, 0.2) is 0 Å². The smallest absolute Gasteiger partial charge is 0.409 e. The van der Waals surface area contributed by atoms with Crippen molar-refractivity contribution in [2.24, 2.45) is 5.41 Å². The summed E-state index contributed by atoms with van der Waals surface area (Å²) >= 11 is 6.31. The molecule has 2 aliphatic heterocycles. The van der Waals surface area contributed by atoms with Gasteiger partial charge in [-0.15, -0.1) is 0 Å². The number of hydrogen-bond donors (Lipinski definition) is 2. The summed E-state index contributed by atoms with van der Waals surface area (Å²) in [5.74, 6) is 0.869. The van der Waals surface area contributed by atoms with Crippen LogP contribution in [0.1, 0.15) is 19.3 Å². The Morgan fingerprint density at radius 3 is 2.71 bits per heavy atom. The number of nitrogens with one attached hydrogen (secondary N) is 1. The van der Waals surface area contributed by atoms with Crippen molar-refractivity contribution in [3.8, 4) is 0 Å². The molecule has 2 aromatic rings. The predicted octanol–water partition coefficient (Wildman–Crippen LogP) is 3.85. The van der Waals surface area contributed by atoms with Crippen LogP contribution in [-0.2, 0) is 4.79 Å². The average molecular weight is 401 g/mol. The molecule has 0 aliphatic carbocycles. The number of piperidine rings is 1. The second kappa shape index (κ2) is 7.31. The SMILES string of the molecule is O=C(O)Nc1ccc(N2CCC[C@]3(CCN(c4ccccc4Cl)C3=O)C2)nc1. The molecule has 1 spiro atoms. The monoisotopic (exact) mass is 400 g/mol. The van der Waals surface area contributed by atoms with Crippen molar-refractivity contribution in [1.29, 1.82) is 0 Å². The summed E-state index contributed by atoms with van der Waals surface area (Å²) in [6.45, 7) is 2.08. The molecule has 0 bridgehead atoms. The normalized spacial score (nSPS) is 22.0. The maximum atomic E-state index is 13.3. The molecule has 2 saturated heterocycles. The Morgan fingerprint density at radius 2 is 2.00 bits per heavy atom. The minimum Gasteiger partial charge on any atom is -0.465 e. The predicted molar refractivity (Wildman–Crippen MR) is 108 cm³/mol. The van der Waals surface area contributed by atoms with Gasteiger partial charge in [-0.25, -0.2) is 9.78 Å². The van der Waals surface area contributed by atoms with Crippen molar-refractivity contribution in [3.05, 3.63) is 47.6 Å². The Labute approximate surface area is 167 Å². The molecular weight excluding hydrogens is 380 g/mol. The first-order valence-electron chi connectivity index (χ1n) is 9.26. The molecular formula is C20H21ClN4O3. The fourth-order valence-corrected chi connectivity index (χ4v) is 4.44. The second-order valence-electron chi connectivity index (χ2n) is 7.30. The summed E-state index contributed by atoms with van der Waals surface area (Å²) in [6.07, 6.45) is 2.91. The molecule has 1 atom stereocenters. The van der Waals surface area contributed by atoms with Crippen LogP contribution >= 0.6 is 11.6 Å². The maximum Gasteiger partial charge on any atom is 0.409 e. The molecule has 28 heavy (non-hydrogen) atoms. The van der Waals surface area contributed by atoms with E-state index in [1.807, 2.05) is 18.2 Å². The topological polar surface area (TPSA) is 85.8 Å². The number of pyridine rings is 1. The molecule has 1 aromatic heterocycles. The Hall–Kier alpha value is -2.80. The van der Waals surface area contributed by atoms with Crippen molar-refractivity contribution in [2.45, 2.75) is 19.3 Å². The van der Waals surface area contributed by atoms with Crippen molar-refractivity contribution >= 4 is 40.8 Å². The lowest BCUT2D eigenvalue weighted by atomic mass is 9.78. The van der Waals surface area contributed by atoms with E-state index in [2.05, 4.69) is 15.2 Å². The highest BCUT2D eigenvalue weighted by atomic mass is 35.5. The van der Waals surface area contributed by atoms with Crippen LogP contribution in [0, 0.1) is 5.41 Å². The van der Waals surface area contributed by atoms with Gasteiger partial charge in [-0.05, 0) is 43.5 Å². The lowest BCUT2D eigenvalue weighted by Crippen LogP contribution is -2.48. The Kier molecular flexibility index (Phi) is 4.85. The van der Waals surface area contributed by atoms with Crippen LogP contribution < -0.4 is 15.1 Å². The standard InChI is InChI=1S/C20H21ClN4O3/c21-15-4-1-2-5-16(15)25-11-9-20(18(25)26)8-3-10-24(13-20)17-7-6-14(12-22-17)23-19(27)28/h1-2,4-7,12,23H,3,8-11,13H2,(H,27,28)/t20-/m0/s1. The minimum absolute atomic E-state index is 0.120. The molecule has 3 heterocycles. The Bertz CT molecular complexity index is 905. The molecule has 2 aliphatic rings. The summed E-state index contributed by atoms with van der Waals surface area (Å²) in [7, 11) is 0. The van der Waals surface area contributed by atoms with Gasteiger partial charge in [-0.2, -0.15) is 0 Å². The van der Waals surface area contributed by atoms with Gasteiger partial charge in [0.25, 0.3) is 0 Å². The fraction of sp³-hybridized carbons (Fsp3) is 0.350. The number of aromatic nitrogens is 1. The zero-order chi connectivity index (χ0) is 19.7. The van der Waals surface area contributed by atoms with E-state index in [1.165, 1.54) is 6.20 Å². The minimum atomic E-state index is -1.12. The van der Waals surface area contributed by atoms with Crippen LogP contribution in [0.5, 0.6) is 0 Å². The lowest BCUT2D eigenvalue weighted by molar-refractivity contribution is -0.126. The van der Waals surface area contributed by atoms with Crippen LogP contribution in [0.25, 0.3) is 0 Å². The van der Waals surface area contributed by atoms with Crippen LogP contribution in [0.2, 0.25) is 5.02 Å². The van der Waals surface area contributed by atoms with E-state index in [-0.39, 0.29) is 5.91 Å². The zero-order valence-corrected chi connectivity index (χ0v) is 16.0. The fourth-order valence-electron chi connectivity index (χ4n) is 4.20. The summed E-state index contributed by atoms with van der Waals surface area (Å²) in [5, 5.41) is 11.7. The Balaban J connectivity index is 1.53. The third kappa shape index (κ3) is 3.38.